The van der Waals surface area contributed by atoms with Gasteiger partial charge in [-0.25, -0.2) is 9.78 Å². The van der Waals surface area contributed by atoms with Crippen molar-refractivity contribution in [3.05, 3.63) is 65.0 Å². The fourth-order valence-corrected chi connectivity index (χ4v) is 3.27. The molecule has 0 unspecified atom stereocenters. The summed E-state index contributed by atoms with van der Waals surface area (Å²) in [5.41, 5.74) is 3.06. The number of carbonyl (C=O) groups is 2. The first kappa shape index (κ1) is 16.2. The SMILES string of the molecule is Cc1ccccc1C1CCN(C(=O)c2ccc(C(=O)O)nc2)CC1. The summed E-state index contributed by atoms with van der Waals surface area (Å²) in [6.45, 7) is 3.54. The van der Waals surface area contributed by atoms with Crippen LogP contribution in [0.15, 0.2) is 42.6 Å². The zero-order chi connectivity index (χ0) is 17.1. The van der Waals surface area contributed by atoms with E-state index in [1.165, 1.54) is 29.5 Å². The van der Waals surface area contributed by atoms with Gasteiger partial charge in [0.25, 0.3) is 5.91 Å². The first-order valence-corrected chi connectivity index (χ1v) is 8.10. The van der Waals surface area contributed by atoms with E-state index < -0.39 is 5.97 Å². The number of hydrogen-bond acceptors (Lipinski definition) is 3. The predicted octanol–water partition coefficient (Wildman–Crippen LogP) is 3.11. The average molecular weight is 324 g/mol. The summed E-state index contributed by atoms with van der Waals surface area (Å²) in [5, 5.41) is 8.86. The maximum atomic E-state index is 12.5. The van der Waals surface area contributed by atoms with Crippen molar-refractivity contribution in [2.24, 2.45) is 0 Å². The highest BCUT2D eigenvalue weighted by atomic mass is 16.4. The van der Waals surface area contributed by atoms with E-state index in [4.69, 9.17) is 5.11 Å². The number of aromatic carboxylic acids is 1. The highest BCUT2D eigenvalue weighted by molar-refractivity contribution is 5.95. The van der Waals surface area contributed by atoms with Crippen molar-refractivity contribution >= 4 is 11.9 Å². The molecule has 1 amide bonds. The summed E-state index contributed by atoms with van der Waals surface area (Å²) >= 11 is 0. The minimum Gasteiger partial charge on any atom is -0.477 e. The molecular formula is C19H20N2O3. The molecule has 0 atom stereocenters. The number of carboxylic acids is 1. The number of aryl methyl sites for hydroxylation is 1. The Hall–Kier alpha value is -2.69. The Morgan fingerprint density at radius 3 is 2.42 bits per heavy atom. The third-order valence-corrected chi connectivity index (χ3v) is 4.64. The molecule has 124 valence electrons. The summed E-state index contributed by atoms with van der Waals surface area (Å²) in [7, 11) is 0. The molecule has 1 aromatic carbocycles. The molecule has 0 radical (unpaired) electrons. The van der Waals surface area contributed by atoms with E-state index in [0.29, 0.717) is 24.6 Å². The van der Waals surface area contributed by atoms with E-state index in [1.54, 1.807) is 0 Å². The standard InChI is InChI=1S/C19H20N2O3/c1-13-4-2-3-5-16(13)14-8-10-21(11-9-14)18(22)15-6-7-17(19(23)24)20-12-15/h2-7,12,14H,8-11H2,1H3,(H,23,24). The minimum absolute atomic E-state index is 0.0511. The van der Waals surface area contributed by atoms with E-state index >= 15 is 0 Å². The molecule has 1 aromatic heterocycles. The van der Waals surface area contributed by atoms with E-state index in [9.17, 15) is 9.59 Å². The topological polar surface area (TPSA) is 70.5 Å². The van der Waals surface area contributed by atoms with Gasteiger partial charge < -0.3 is 10.0 Å². The average Bonchev–Trinajstić information content (AvgIpc) is 2.62. The molecule has 5 heteroatoms. The van der Waals surface area contributed by atoms with Gasteiger partial charge in [0, 0.05) is 19.3 Å². The second-order valence-corrected chi connectivity index (χ2v) is 6.16. The molecule has 0 aliphatic carbocycles. The fourth-order valence-electron chi connectivity index (χ4n) is 3.27. The van der Waals surface area contributed by atoms with E-state index in [1.807, 2.05) is 11.0 Å². The molecule has 1 N–H and O–H groups in total. The van der Waals surface area contributed by atoms with Crippen LogP contribution in [-0.2, 0) is 0 Å². The number of likely N-dealkylation sites (tertiary alicyclic amines) is 1. The van der Waals surface area contributed by atoms with Gasteiger partial charge in [-0.15, -0.1) is 0 Å². The quantitative estimate of drug-likeness (QED) is 0.942. The maximum absolute atomic E-state index is 12.5. The van der Waals surface area contributed by atoms with E-state index in [0.717, 1.165) is 12.8 Å². The van der Waals surface area contributed by atoms with Crippen molar-refractivity contribution in [1.29, 1.82) is 0 Å². The Morgan fingerprint density at radius 1 is 1.12 bits per heavy atom. The summed E-state index contributed by atoms with van der Waals surface area (Å²) in [6.07, 6.45) is 3.23. The number of amides is 1. The molecule has 1 saturated heterocycles. The van der Waals surface area contributed by atoms with Gasteiger partial charge in [-0.1, -0.05) is 24.3 Å². The van der Waals surface area contributed by atoms with Crippen molar-refractivity contribution in [3.63, 3.8) is 0 Å². The number of rotatable bonds is 3. The summed E-state index contributed by atoms with van der Waals surface area (Å²) in [4.78, 5) is 29.0. The van der Waals surface area contributed by atoms with Crippen LogP contribution in [0, 0.1) is 6.92 Å². The fraction of sp³-hybridized carbons (Fsp3) is 0.316. The summed E-state index contributed by atoms with van der Waals surface area (Å²) < 4.78 is 0. The second-order valence-electron chi connectivity index (χ2n) is 6.16. The van der Waals surface area contributed by atoms with E-state index in [2.05, 4.69) is 30.1 Å². The molecule has 0 bridgehead atoms. The molecule has 5 nitrogen and oxygen atoms in total. The molecule has 2 aromatic rings. The lowest BCUT2D eigenvalue weighted by atomic mass is 9.87. The van der Waals surface area contributed by atoms with Gasteiger partial charge in [0.05, 0.1) is 5.56 Å². The molecule has 2 heterocycles. The van der Waals surface area contributed by atoms with Crippen LogP contribution in [-0.4, -0.2) is 40.0 Å². The van der Waals surface area contributed by atoms with Gasteiger partial charge in [-0.05, 0) is 48.9 Å². The van der Waals surface area contributed by atoms with Crippen LogP contribution in [0.1, 0.15) is 50.7 Å². The first-order valence-electron chi connectivity index (χ1n) is 8.10. The summed E-state index contributed by atoms with van der Waals surface area (Å²) in [6, 6.07) is 11.3. The largest absolute Gasteiger partial charge is 0.477 e. The van der Waals surface area contributed by atoms with Crippen LogP contribution in [0.2, 0.25) is 0 Å². The molecule has 0 saturated carbocycles. The van der Waals surface area contributed by atoms with Gasteiger partial charge in [0.15, 0.2) is 0 Å². The lowest BCUT2D eigenvalue weighted by Crippen LogP contribution is -2.38. The molecule has 1 aliphatic heterocycles. The Bertz CT molecular complexity index is 747. The molecular weight excluding hydrogens is 304 g/mol. The van der Waals surface area contributed by atoms with Crippen molar-refractivity contribution in [2.75, 3.05) is 13.1 Å². The summed E-state index contributed by atoms with van der Waals surface area (Å²) in [5.74, 6) is -0.682. The zero-order valence-electron chi connectivity index (χ0n) is 13.6. The third kappa shape index (κ3) is 3.30. The second kappa shape index (κ2) is 6.83. The molecule has 1 fully saturated rings. The van der Waals surface area contributed by atoms with Crippen molar-refractivity contribution < 1.29 is 14.7 Å². The van der Waals surface area contributed by atoms with Gasteiger partial charge in [-0.3, -0.25) is 4.79 Å². The van der Waals surface area contributed by atoms with Crippen molar-refractivity contribution in [1.82, 2.24) is 9.88 Å². The zero-order valence-corrected chi connectivity index (χ0v) is 13.6. The predicted molar refractivity (Wildman–Crippen MR) is 90.3 cm³/mol. The lowest BCUT2D eigenvalue weighted by Gasteiger charge is -2.32. The number of pyridine rings is 1. The Morgan fingerprint density at radius 2 is 1.83 bits per heavy atom. The van der Waals surface area contributed by atoms with Gasteiger partial charge >= 0.3 is 5.97 Å². The number of carboxylic acid groups (broad SMARTS) is 1. The highest BCUT2D eigenvalue weighted by Gasteiger charge is 2.25. The van der Waals surface area contributed by atoms with Gasteiger partial charge in [0.1, 0.15) is 5.69 Å². The monoisotopic (exact) mass is 324 g/mol. The number of carbonyl (C=O) groups excluding carboxylic acids is 1. The Labute approximate surface area is 140 Å². The molecule has 24 heavy (non-hydrogen) atoms. The number of aromatic nitrogens is 1. The highest BCUT2D eigenvalue weighted by Crippen LogP contribution is 2.30. The number of hydrogen-bond donors (Lipinski definition) is 1. The van der Waals surface area contributed by atoms with Crippen LogP contribution in [0.25, 0.3) is 0 Å². The van der Waals surface area contributed by atoms with Gasteiger partial charge in [0.2, 0.25) is 0 Å². The van der Waals surface area contributed by atoms with Crippen LogP contribution in [0.4, 0.5) is 0 Å². The van der Waals surface area contributed by atoms with Crippen molar-refractivity contribution in [2.45, 2.75) is 25.7 Å². The van der Waals surface area contributed by atoms with Crippen molar-refractivity contribution in [3.8, 4) is 0 Å². The van der Waals surface area contributed by atoms with Gasteiger partial charge in [-0.2, -0.15) is 0 Å². The van der Waals surface area contributed by atoms with Crippen LogP contribution < -0.4 is 0 Å². The number of benzene rings is 1. The van der Waals surface area contributed by atoms with Crippen LogP contribution in [0.5, 0.6) is 0 Å². The third-order valence-electron chi connectivity index (χ3n) is 4.64. The smallest absolute Gasteiger partial charge is 0.354 e. The van der Waals surface area contributed by atoms with Crippen LogP contribution in [0.3, 0.4) is 0 Å². The normalized spacial score (nSPS) is 15.3. The Balaban J connectivity index is 1.65. The van der Waals surface area contributed by atoms with Crippen LogP contribution >= 0.6 is 0 Å². The Kier molecular flexibility index (Phi) is 4.60. The molecule has 1 aliphatic rings. The van der Waals surface area contributed by atoms with E-state index in [-0.39, 0.29) is 11.6 Å². The maximum Gasteiger partial charge on any atom is 0.354 e. The lowest BCUT2D eigenvalue weighted by molar-refractivity contribution is 0.0682. The number of piperidine rings is 1. The minimum atomic E-state index is -1.09. The first-order chi connectivity index (χ1) is 11.6. The number of nitrogens with zero attached hydrogens (tertiary/aromatic N) is 2. The molecule has 0 spiro atoms. The molecule has 3 rings (SSSR count).